The van der Waals surface area contributed by atoms with Crippen LogP contribution in [0.3, 0.4) is 0 Å². The second kappa shape index (κ2) is 12.2. The van der Waals surface area contributed by atoms with Crippen molar-refractivity contribution in [3.05, 3.63) is 54.2 Å². The summed E-state index contributed by atoms with van der Waals surface area (Å²) in [6.45, 7) is 7.22. The van der Waals surface area contributed by atoms with Gasteiger partial charge in [0.25, 0.3) is 0 Å². The number of rotatable bonds is 5. The molecule has 2 aliphatic rings. The molecule has 0 spiro atoms. The molecule has 2 saturated heterocycles. The zero-order valence-electron chi connectivity index (χ0n) is 18.9. The van der Waals surface area contributed by atoms with Crippen LogP contribution in [0.25, 0.3) is 0 Å². The highest BCUT2D eigenvalue weighted by Gasteiger charge is 2.23. The molecule has 1 N–H and O–H groups in total. The van der Waals surface area contributed by atoms with Gasteiger partial charge in [-0.25, -0.2) is 4.98 Å². The Morgan fingerprint density at radius 3 is 2.59 bits per heavy atom. The fraction of sp³-hybridized carbons (Fsp3) is 0.500. The lowest BCUT2D eigenvalue weighted by Crippen LogP contribution is -2.47. The number of aromatic nitrogens is 1. The van der Waals surface area contributed by atoms with Crippen molar-refractivity contribution in [1.82, 2.24) is 15.2 Å². The molecular formula is C24H34IN5O2. The summed E-state index contributed by atoms with van der Waals surface area (Å²) in [6, 6.07) is 14.3. The average molecular weight is 551 g/mol. The molecule has 2 fully saturated rings. The Morgan fingerprint density at radius 1 is 1.16 bits per heavy atom. The lowest BCUT2D eigenvalue weighted by Gasteiger charge is -2.34. The number of nitrogens with zero attached hydrogens (tertiary/aromatic N) is 4. The third-order valence-electron chi connectivity index (χ3n) is 5.82. The molecule has 32 heavy (non-hydrogen) atoms. The van der Waals surface area contributed by atoms with Gasteiger partial charge in [0.2, 0.25) is 0 Å². The quantitative estimate of drug-likeness (QED) is 0.349. The number of piperidine rings is 1. The Kier molecular flexibility index (Phi) is 9.40. The number of para-hydroxylation sites is 1. The van der Waals surface area contributed by atoms with Crippen molar-refractivity contribution in [3.63, 3.8) is 0 Å². The molecule has 0 aliphatic carbocycles. The van der Waals surface area contributed by atoms with Gasteiger partial charge < -0.3 is 24.6 Å². The third-order valence-corrected chi connectivity index (χ3v) is 5.82. The first-order chi connectivity index (χ1) is 15.2. The SMILES string of the molecule is CN=C(NCc1ccc(N2CCOC(C)C2)nc1)N1CCC(Oc2ccccc2)CC1.I. The van der Waals surface area contributed by atoms with E-state index in [1.165, 1.54) is 0 Å². The molecule has 7 nitrogen and oxygen atoms in total. The molecule has 0 radical (unpaired) electrons. The van der Waals surface area contributed by atoms with Crippen LogP contribution in [-0.4, -0.2) is 67.9 Å². The summed E-state index contributed by atoms with van der Waals surface area (Å²) in [5, 5.41) is 3.49. The molecular weight excluding hydrogens is 517 g/mol. The molecule has 1 aromatic carbocycles. The van der Waals surface area contributed by atoms with Gasteiger partial charge in [-0.2, -0.15) is 0 Å². The van der Waals surface area contributed by atoms with Crippen molar-refractivity contribution in [2.75, 3.05) is 44.7 Å². The van der Waals surface area contributed by atoms with Crippen LogP contribution in [0.1, 0.15) is 25.3 Å². The first-order valence-electron chi connectivity index (χ1n) is 11.2. The lowest BCUT2D eigenvalue weighted by molar-refractivity contribution is 0.0529. The number of likely N-dealkylation sites (tertiary alicyclic amines) is 1. The van der Waals surface area contributed by atoms with E-state index >= 15 is 0 Å². The smallest absolute Gasteiger partial charge is 0.193 e. The Bertz CT molecular complexity index is 841. The average Bonchev–Trinajstić information content (AvgIpc) is 2.81. The molecule has 3 heterocycles. The minimum absolute atomic E-state index is 0. The number of pyridine rings is 1. The topological polar surface area (TPSA) is 62.2 Å². The van der Waals surface area contributed by atoms with Crippen LogP contribution in [0.15, 0.2) is 53.7 Å². The summed E-state index contributed by atoms with van der Waals surface area (Å²) >= 11 is 0. The molecule has 1 atom stereocenters. The molecule has 4 rings (SSSR count). The number of benzene rings is 1. The Balaban J connectivity index is 0.00000289. The highest BCUT2D eigenvalue weighted by molar-refractivity contribution is 14.0. The number of morpholine rings is 1. The van der Waals surface area contributed by atoms with Crippen molar-refractivity contribution < 1.29 is 9.47 Å². The van der Waals surface area contributed by atoms with Gasteiger partial charge in [-0.1, -0.05) is 24.3 Å². The largest absolute Gasteiger partial charge is 0.490 e. The standard InChI is InChI=1S/C24H33N5O2.HI/c1-19-18-29(14-15-30-19)23-9-8-20(16-26-23)17-27-24(25-2)28-12-10-22(11-13-28)31-21-6-4-3-5-7-21;/h3-9,16,19,22H,10-15,17-18H2,1-2H3,(H,25,27);1H. The second-order valence-corrected chi connectivity index (χ2v) is 8.17. The number of anilines is 1. The number of nitrogens with one attached hydrogen (secondary N) is 1. The van der Waals surface area contributed by atoms with Crippen molar-refractivity contribution in [1.29, 1.82) is 0 Å². The summed E-state index contributed by atoms with van der Waals surface area (Å²) in [5.74, 6) is 2.90. The van der Waals surface area contributed by atoms with Gasteiger partial charge >= 0.3 is 0 Å². The number of ether oxygens (including phenoxy) is 2. The van der Waals surface area contributed by atoms with E-state index in [2.05, 4.69) is 44.1 Å². The van der Waals surface area contributed by atoms with Gasteiger partial charge in [0.15, 0.2) is 5.96 Å². The van der Waals surface area contributed by atoms with E-state index in [0.717, 1.165) is 68.7 Å². The van der Waals surface area contributed by atoms with Gasteiger partial charge in [-0.3, -0.25) is 4.99 Å². The normalized spacial score (nSPS) is 19.9. The van der Waals surface area contributed by atoms with Crippen LogP contribution in [-0.2, 0) is 11.3 Å². The maximum absolute atomic E-state index is 6.11. The molecule has 0 amide bonds. The number of aliphatic imine (C=N–C) groups is 1. The molecule has 174 valence electrons. The van der Waals surface area contributed by atoms with E-state index in [4.69, 9.17) is 9.47 Å². The maximum atomic E-state index is 6.11. The van der Waals surface area contributed by atoms with Crippen molar-refractivity contribution in [2.45, 2.75) is 38.5 Å². The van der Waals surface area contributed by atoms with Gasteiger partial charge in [-0.15, -0.1) is 24.0 Å². The summed E-state index contributed by atoms with van der Waals surface area (Å²) in [7, 11) is 1.84. The zero-order chi connectivity index (χ0) is 21.5. The van der Waals surface area contributed by atoms with Gasteiger partial charge in [0.05, 0.1) is 12.7 Å². The van der Waals surface area contributed by atoms with Crippen LogP contribution in [0.2, 0.25) is 0 Å². The maximum Gasteiger partial charge on any atom is 0.193 e. The van der Waals surface area contributed by atoms with Crippen molar-refractivity contribution >= 4 is 35.8 Å². The zero-order valence-corrected chi connectivity index (χ0v) is 21.3. The number of hydrogen-bond acceptors (Lipinski definition) is 5. The molecule has 1 unspecified atom stereocenters. The van der Waals surface area contributed by atoms with Crippen LogP contribution in [0, 0.1) is 0 Å². The van der Waals surface area contributed by atoms with Gasteiger partial charge in [0, 0.05) is 58.8 Å². The summed E-state index contributed by atoms with van der Waals surface area (Å²) in [6.07, 6.45) is 4.45. The van der Waals surface area contributed by atoms with E-state index in [9.17, 15) is 0 Å². The lowest BCUT2D eigenvalue weighted by atomic mass is 10.1. The van der Waals surface area contributed by atoms with Crippen LogP contribution >= 0.6 is 24.0 Å². The van der Waals surface area contributed by atoms with E-state index in [1.54, 1.807) is 0 Å². The van der Waals surface area contributed by atoms with Gasteiger partial charge in [-0.05, 0) is 30.7 Å². The van der Waals surface area contributed by atoms with Crippen LogP contribution in [0.4, 0.5) is 5.82 Å². The minimum Gasteiger partial charge on any atom is -0.490 e. The Hall–Kier alpha value is -2.07. The first kappa shape index (κ1) is 24.6. The molecule has 0 saturated carbocycles. The van der Waals surface area contributed by atoms with Crippen LogP contribution < -0.4 is 15.0 Å². The van der Waals surface area contributed by atoms with E-state index < -0.39 is 0 Å². The molecule has 2 aliphatic heterocycles. The predicted molar refractivity (Wildman–Crippen MR) is 139 cm³/mol. The Morgan fingerprint density at radius 2 is 1.94 bits per heavy atom. The van der Waals surface area contributed by atoms with E-state index in [-0.39, 0.29) is 36.2 Å². The molecule has 0 bridgehead atoms. The first-order valence-corrected chi connectivity index (χ1v) is 11.2. The fourth-order valence-electron chi connectivity index (χ4n) is 4.13. The Labute approximate surface area is 208 Å². The molecule has 1 aromatic heterocycles. The highest BCUT2D eigenvalue weighted by Crippen LogP contribution is 2.19. The minimum atomic E-state index is 0. The van der Waals surface area contributed by atoms with E-state index in [0.29, 0.717) is 6.54 Å². The number of halogens is 1. The molecule has 8 heteroatoms. The predicted octanol–water partition coefficient (Wildman–Crippen LogP) is 3.54. The second-order valence-electron chi connectivity index (χ2n) is 8.17. The highest BCUT2D eigenvalue weighted by atomic mass is 127. The van der Waals surface area contributed by atoms with Crippen molar-refractivity contribution in [3.8, 4) is 5.75 Å². The summed E-state index contributed by atoms with van der Waals surface area (Å²) < 4.78 is 11.7. The monoisotopic (exact) mass is 551 g/mol. The summed E-state index contributed by atoms with van der Waals surface area (Å²) in [5.41, 5.74) is 1.15. The van der Waals surface area contributed by atoms with E-state index in [1.807, 2.05) is 43.6 Å². The summed E-state index contributed by atoms with van der Waals surface area (Å²) in [4.78, 5) is 13.7. The van der Waals surface area contributed by atoms with Gasteiger partial charge in [0.1, 0.15) is 17.7 Å². The number of hydrogen-bond donors (Lipinski definition) is 1. The fourth-order valence-corrected chi connectivity index (χ4v) is 4.13. The van der Waals surface area contributed by atoms with Crippen molar-refractivity contribution in [2.24, 2.45) is 4.99 Å². The number of guanidine groups is 1. The molecule has 2 aromatic rings. The third kappa shape index (κ3) is 6.71. The van der Waals surface area contributed by atoms with Crippen LogP contribution in [0.5, 0.6) is 5.75 Å².